The van der Waals surface area contributed by atoms with Crippen LogP contribution in [-0.2, 0) is 0 Å². The summed E-state index contributed by atoms with van der Waals surface area (Å²) in [6.45, 7) is 1.59. The van der Waals surface area contributed by atoms with Gasteiger partial charge >= 0.3 is 0 Å². The number of benzene rings is 2. The molecule has 2 aromatic rings. The third-order valence-electron chi connectivity index (χ3n) is 2.55. The van der Waals surface area contributed by atoms with Crippen molar-refractivity contribution in [2.24, 2.45) is 0 Å². The van der Waals surface area contributed by atoms with E-state index >= 15 is 0 Å². The summed E-state index contributed by atoms with van der Waals surface area (Å²) in [7, 11) is 0. The molecule has 98 valence electrons. The molecule has 2 rings (SSSR count). The van der Waals surface area contributed by atoms with Crippen molar-refractivity contribution in [1.82, 2.24) is 0 Å². The van der Waals surface area contributed by atoms with Crippen molar-refractivity contribution in [3.63, 3.8) is 0 Å². The number of halogens is 3. The van der Waals surface area contributed by atoms with Crippen LogP contribution in [0.25, 0.3) is 0 Å². The van der Waals surface area contributed by atoms with Crippen LogP contribution < -0.4 is 5.32 Å². The average molecular weight is 265 g/mol. The highest BCUT2D eigenvalue weighted by atomic mass is 19.1. The van der Waals surface area contributed by atoms with E-state index in [-0.39, 0.29) is 11.3 Å². The molecular formula is C14H10F3NO. The van der Waals surface area contributed by atoms with Crippen molar-refractivity contribution in [2.45, 2.75) is 6.92 Å². The van der Waals surface area contributed by atoms with E-state index in [0.717, 1.165) is 18.2 Å². The van der Waals surface area contributed by atoms with Crippen molar-refractivity contribution in [3.8, 4) is 0 Å². The second-order valence-electron chi connectivity index (χ2n) is 4.08. The normalized spacial score (nSPS) is 10.3. The van der Waals surface area contributed by atoms with Crippen LogP contribution >= 0.6 is 0 Å². The van der Waals surface area contributed by atoms with E-state index in [4.69, 9.17) is 0 Å². The van der Waals surface area contributed by atoms with Crippen LogP contribution in [0.15, 0.2) is 36.4 Å². The van der Waals surface area contributed by atoms with E-state index in [1.54, 1.807) is 6.92 Å². The van der Waals surface area contributed by atoms with Gasteiger partial charge in [-0.05, 0) is 36.8 Å². The number of aryl methyl sites for hydroxylation is 1. The molecule has 0 unspecified atom stereocenters. The Morgan fingerprint density at radius 2 is 1.63 bits per heavy atom. The van der Waals surface area contributed by atoms with Gasteiger partial charge in [0.2, 0.25) is 0 Å². The first-order valence-electron chi connectivity index (χ1n) is 5.49. The van der Waals surface area contributed by atoms with E-state index in [0.29, 0.717) is 11.6 Å². The van der Waals surface area contributed by atoms with Crippen LogP contribution in [0, 0.1) is 24.4 Å². The molecule has 0 aromatic heterocycles. The summed E-state index contributed by atoms with van der Waals surface area (Å²) in [6.07, 6.45) is 0. The molecule has 5 heteroatoms. The Balaban J connectivity index is 2.22. The van der Waals surface area contributed by atoms with E-state index in [1.165, 1.54) is 12.1 Å². The maximum absolute atomic E-state index is 13.3. The molecule has 1 amide bonds. The summed E-state index contributed by atoms with van der Waals surface area (Å²) in [6, 6.07) is 6.63. The topological polar surface area (TPSA) is 29.1 Å². The minimum Gasteiger partial charge on any atom is -0.322 e. The highest BCUT2D eigenvalue weighted by Crippen LogP contribution is 2.15. The molecule has 0 saturated carbocycles. The minimum atomic E-state index is -0.847. The predicted molar refractivity (Wildman–Crippen MR) is 65.4 cm³/mol. The van der Waals surface area contributed by atoms with Crippen LogP contribution in [0.5, 0.6) is 0 Å². The molecule has 1 N–H and O–H groups in total. The SMILES string of the molecule is Cc1ccc(NC(=O)c2cc(F)cc(F)c2)cc1F. The highest BCUT2D eigenvalue weighted by molar-refractivity contribution is 6.04. The maximum atomic E-state index is 13.3. The van der Waals surface area contributed by atoms with Gasteiger partial charge in [-0.15, -0.1) is 0 Å². The van der Waals surface area contributed by atoms with Crippen molar-refractivity contribution < 1.29 is 18.0 Å². The summed E-state index contributed by atoms with van der Waals surface area (Å²) >= 11 is 0. The number of amides is 1. The van der Waals surface area contributed by atoms with Crippen molar-refractivity contribution in [1.29, 1.82) is 0 Å². The van der Waals surface area contributed by atoms with Crippen LogP contribution in [-0.4, -0.2) is 5.91 Å². The van der Waals surface area contributed by atoms with Crippen LogP contribution in [0.2, 0.25) is 0 Å². The molecule has 0 bridgehead atoms. The lowest BCUT2D eigenvalue weighted by atomic mass is 10.1. The largest absolute Gasteiger partial charge is 0.322 e. The second kappa shape index (κ2) is 5.14. The molecule has 0 saturated heterocycles. The number of carbonyl (C=O) groups is 1. The Bertz CT molecular complexity index is 620. The summed E-state index contributed by atoms with van der Waals surface area (Å²) in [5.41, 5.74) is 0.492. The molecule has 2 aromatic carbocycles. The minimum absolute atomic E-state index is 0.168. The first-order chi connectivity index (χ1) is 8.95. The third kappa shape index (κ3) is 3.13. The number of rotatable bonds is 2. The fourth-order valence-corrected chi connectivity index (χ4v) is 1.56. The van der Waals surface area contributed by atoms with Gasteiger partial charge in [0, 0.05) is 17.3 Å². The van der Waals surface area contributed by atoms with Crippen LogP contribution in [0.1, 0.15) is 15.9 Å². The van der Waals surface area contributed by atoms with Gasteiger partial charge in [-0.1, -0.05) is 6.07 Å². The summed E-state index contributed by atoms with van der Waals surface area (Å²) in [4.78, 5) is 11.7. The first kappa shape index (κ1) is 13.1. The monoisotopic (exact) mass is 265 g/mol. The number of anilines is 1. The van der Waals surface area contributed by atoms with Gasteiger partial charge in [0.15, 0.2) is 0 Å². The molecule has 2 nitrogen and oxygen atoms in total. The average Bonchev–Trinajstić information content (AvgIpc) is 2.32. The lowest BCUT2D eigenvalue weighted by Crippen LogP contribution is -2.12. The number of nitrogens with one attached hydrogen (secondary N) is 1. The molecule has 0 aliphatic rings. The molecule has 0 aliphatic heterocycles. The summed E-state index contributed by atoms with van der Waals surface area (Å²) in [5.74, 6) is -2.87. The molecule has 0 aliphatic carbocycles. The van der Waals surface area contributed by atoms with Gasteiger partial charge in [-0.3, -0.25) is 4.79 Å². The lowest BCUT2D eigenvalue weighted by Gasteiger charge is -2.06. The Hall–Kier alpha value is -2.30. The van der Waals surface area contributed by atoms with Crippen LogP contribution in [0.3, 0.4) is 0 Å². The predicted octanol–water partition coefficient (Wildman–Crippen LogP) is 3.66. The Morgan fingerprint density at radius 1 is 1.00 bits per heavy atom. The maximum Gasteiger partial charge on any atom is 0.255 e. The smallest absolute Gasteiger partial charge is 0.255 e. The zero-order valence-corrected chi connectivity index (χ0v) is 10.0. The lowest BCUT2D eigenvalue weighted by molar-refractivity contribution is 0.102. The van der Waals surface area contributed by atoms with Gasteiger partial charge < -0.3 is 5.32 Å². The van der Waals surface area contributed by atoms with Crippen molar-refractivity contribution in [3.05, 3.63) is 65.0 Å². The van der Waals surface area contributed by atoms with E-state index < -0.39 is 23.4 Å². The Kier molecular flexibility index (Phi) is 3.55. The summed E-state index contributed by atoms with van der Waals surface area (Å²) < 4.78 is 39.2. The first-order valence-corrected chi connectivity index (χ1v) is 5.49. The quantitative estimate of drug-likeness (QED) is 0.882. The van der Waals surface area contributed by atoms with E-state index in [9.17, 15) is 18.0 Å². The third-order valence-corrected chi connectivity index (χ3v) is 2.55. The highest BCUT2D eigenvalue weighted by Gasteiger charge is 2.10. The molecule has 19 heavy (non-hydrogen) atoms. The van der Waals surface area contributed by atoms with E-state index in [1.807, 2.05) is 0 Å². The number of carbonyl (C=O) groups excluding carboxylic acids is 1. The molecule has 0 heterocycles. The standard InChI is InChI=1S/C14H10F3NO/c1-8-2-3-12(7-13(8)17)18-14(19)9-4-10(15)6-11(16)5-9/h2-7H,1H3,(H,18,19). The zero-order valence-electron chi connectivity index (χ0n) is 10.0. The molecule has 0 radical (unpaired) electrons. The van der Waals surface area contributed by atoms with Gasteiger partial charge in [0.05, 0.1) is 0 Å². The second-order valence-corrected chi connectivity index (χ2v) is 4.08. The van der Waals surface area contributed by atoms with Gasteiger partial charge in [0.1, 0.15) is 17.5 Å². The van der Waals surface area contributed by atoms with Crippen molar-refractivity contribution in [2.75, 3.05) is 5.32 Å². The number of hydrogen-bond donors (Lipinski definition) is 1. The van der Waals surface area contributed by atoms with Gasteiger partial charge in [-0.25, -0.2) is 13.2 Å². The summed E-state index contributed by atoms with van der Waals surface area (Å²) in [5, 5.41) is 2.37. The fraction of sp³-hybridized carbons (Fsp3) is 0.0714. The van der Waals surface area contributed by atoms with Gasteiger partial charge in [0.25, 0.3) is 5.91 Å². The molecule has 0 spiro atoms. The zero-order chi connectivity index (χ0) is 14.0. The van der Waals surface area contributed by atoms with E-state index in [2.05, 4.69) is 5.32 Å². The number of hydrogen-bond acceptors (Lipinski definition) is 1. The molecule has 0 atom stereocenters. The fourth-order valence-electron chi connectivity index (χ4n) is 1.56. The Labute approximate surface area is 107 Å². The van der Waals surface area contributed by atoms with Crippen molar-refractivity contribution >= 4 is 11.6 Å². The molecule has 0 fully saturated rings. The molecular weight excluding hydrogens is 255 g/mol. The van der Waals surface area contributed by atoms with Crippen LogP contribution in [0.4, 0.5) is 18.9 Å². The van der Waals surface area contributed by atoms with Gasteiger partial charge in [-0.2, -0.15) is 0 Å². The Morgan fingerprint density at radius 3 is 2.21 bits per heavy atom.